The van der Waals surface area contributed by atoms with Gasteiger partial charge < -0.3 is 19.1 Å². The molecular weight excluding hydrogens is 334 g/mol. The van der Waals surface area contributed by atoms with Crippen LogP contribution in [0.3, 0.4) is 0 Å². The summed E-state index contributed by atoms with van der Waals surface area (Å²) < 4.78 is 10.8. The van der Waals surface area contributed by atoms with E-state index in [0.717, 1.165) is 18.5 Å². The number of aromatic nitrogens is 1. The third-order valence-electron chi connectivity index (χ3n) is 5.05. The molecule has 2 fully saturated rings. The first-order chi connectivity index (χ1) is 12.7. The summed E-state index contributed by atoms with van der Waals surface area (Å²) in [5.74, 6) is -0.302. The van der Waals surface area contributed by atoms with E-state index in [-0.39, 0.29) is 24.1 Å². The zero-order valence-electron chi connectivity index (χ0n) is 14.5. The van der Waals surface area contributed by atoms with E-state index < -0.39 is 5.60 Å². The lowest BCUT2D eigenvalue weighted by Gasteiger charge is -2.42. The first kappa shape index (κ1) is 16.8. The van der Waals surface area contributed by atoms with Gasteiger partial charge in [-0.3, -0.25) is 9.59 Å². The molecule has 1 aromatic carbocycles. The number of amides is 2. The van der Waals surface area contributed by atoms with Gasteiger partial charge in [-0.15, -0.1) is 0 Å². The molecule has 136 valence electrons. The van der Waals surface area contributed by atoms with E-state index in [2.05, 4.69) is 5.16 Å². The molecule has 0 radical (unpaired) electrons. The summed E-state index contributed by atoms with van der Waals surface area (Å²) in [6.07, 6.45) is 3.76. The summed E-state index contributed by atoms with van der Waals surface area (Å²) >= 11 is 0. The number of hydrogen-bond acceptors (Lipinski definition) is 5. The molecule has 3 heterocycles. The van der Waals surface area contributed by atoms with Crippen LogP contribution in [0.4, 0.5) is 5.69 Å². The van der Waals surface area contributed by atoms with Gasteiger partial charge in [-0.2, -0.15) is 0 Å². The van der Waals surface area contributed by atoms with E-state index in [0.29, 0.717) is 26.1 Å². The van der Waals surface area contributed by atoms with E-state index in [1.54, 1.807) is 9.80 Å². The fourth-order valence-electron chi connectivity index (χ4n) is 3.71. The molecule has 2 amide bonds. The van der Waals surface area contributed by atoms with E-state index in [4.69, 9.17) is 9.26 Å². The second-order valence-corrected chi connectivity index (χ2v) is 6.70. The summed E-state index contributed by atoms with van der Waals surface area (Å²) in [5.41, 5.74) is 0.120. The van der Waals surface area contributed by atoms with Gasteiger partial charge in [0.2, 0.25) is 0 Å². The predicted molar refractivity (Wildman–Crippen MR) is 93.7 cm³/mol. The van der Waals surface area contributed by atoms with Crippen LogP contribution in [0.15, 0.2) is 47.2 Å². The van der Waals surface area contributed by atoms with Crippen molar-refractivity contribution in [1.29, 1.82) is 0 Å². The average molecular weight is 355 g/mol. The van der Waals surface area contributed by atoms with Gasteiger partial charge in [0.15, 0.2) is 11.3 Å². The Morgan fingerprint density at radius 1 is 1.12 bits per heavy atom. The molecule has 0 N–H and O–H groups in total. The van der Waals surface area contributed by atoms with Crippen LogP contribution in [0.2, 0.25) is 0 Å². The standard InChI is InChI=1S/C19H21N3O4/c23-17(16-8-12-26-20-16)21-11-13-25-19(14-21)9-4-5-10-22(18(19)24)15-6-2-1-3-7-15/h1-3,6-8,12H,4-5,9-11,13-14H2. The first-order valence-corrected chi connectivity index (χ1v) is 8.90. The highest BCUT2D eigenvalue weighted by atomic mass is 16.5. The maximum absolute atomic E-state index is 13.4. The number of morpholine rings is 1. The van der Waals surface area contributed by atoms with Crippen LogP contribution in [0, 0.1) is 0 Å². The number of hydrogen-bond donors (Lipinski definition) is 0. The smallest absolute Gasteiger partial charge is 0.276 e. The van der Waals surface area contributed by atoms with Crippen molar-refractivity contribution in [2.75, 3.05) is 31.1 Å². The normalized spacial score (nSPS) is 23.9. The molecule has 7 nitrogen and oxygen atoms in total. The lowest BCUT2D eigenvalue weighted by atomic mass is 9.93. The second kappa shape index (κ2) is 6.92. The summed E-state index contributed by atoms with van der Waals surface area (Å²) in [6, 6.07) is 11.2. The molecule has 1 unspecified atom stereocenters. The van der Waals surface area contributed by atoms with E-state index in [1.807, 2.05) is 30.3 Å². The van der Waals surface area contributed by atoms with E-state index >= 15 is 0 Å². The molecule has 2 aliphatic heterocycles. The van der Waals surface area contributed by atoms with Crippen LogP contribution in [-0.4, -0.2) is 53.7 Å². The molecule has 0 saturated carbocycles. The monoisotopic (exact) mass is 355 g/mol. The lowest BCUT2D eigenvalue weighted by molar-refractivity contribution is -0.155. The van der Waals surface area contributed by atoms with Crippen molar-refractivity contribution in [3.05, 3.63) is 48.4 Å². The Morgan fingerprint density at radius 2 is 1.96 bits per heavy atom. The van der Waals surface area contributed by atoms with Gasteiger partial charge in [0, 0.05) is 24.8 Å². The third-order valence-corrected chi connectivity index (χ3v) is 5.05. The second-order valence-electron chi connectivity index (χ2n) is 6.70. The minimum Gasteiger partial charge on any atom is -0.364 e. The molecule has 4 rings (SSSR count). The lowest BCUT2D eigenvalue weighted by Crippen LogP contribution is -2.61. The average Bonchev–Trinajstić information content (AvgIpc) is 3.18. The number of ether oxygens (including phenoxy) is 1. The fourth-order valence-corrected chi connectivity index (χ4v) is 3.71. The summed E-state index contributed by atoms with van der Waals surface area (Å²) in [6.45, 7) is 1.66. The van der Waals surface area contributed by atoms with Gasteiger partial charge in [0.25, 0.3) is 11.8 Å². The van der Waals surface area contributed by atoms with Crippen LogP contribution in [-0.2, 0) is 9.53 Å². The third kappa shape index (κ3) is 2.99. The Bertz CT molecular complexity index is 777. The minimum atomic E-state index is -0.996. The number of para-hydroxylation sites is 1. The molecule has 0 bridgehead atoms. The van der Waals surface area contributed by atoms with Gasteiger partial charge in [-0.25, -0.2) is 0 Å². The van der Waals surface area contributed by atoms with Crippen molar-refractivity contribution < 1.29 is 18.8 Å². The van der Waals surface area contributed by atoms with Crippen LogP contribution in [0.1, 0.15) is 29.8 Å². The van der Waals surface area contributed by atoms with E-state index in [1.165, 1.54) is 12.3 Å². The number of rotatable bonds is 2. The maximum atomic E-state index is 13.4. The van der Waals surface area contributed by atoms with Crippen molar-refractivity contribution in [3.63, 3.8) is 0 Å². The topological polar surface area (TPSA) is 75.9 Å². The highest BCUT2D eigenvalue weighted by Crippen LogP contribution is 2.32. The highest BCUT2D eigenvalue weighted by molar-refractivity contribution is 6.01. The van der Waals surface area contributed by atoms with Gasteiger partial charge in [0.05, 0.1) is 13.2 Å². The molecule has 2 aromatic rings. The molecule has 1 atom stereocenters. The number of carbonyl (C=O) groups is 2. The summed E-state index contributed by atoms with van der Waals surface area (Å²) in [5, 5.41) is 3.72. The largest absolute Gasteiger partial charge is 0.364 e. The van der Waals surface area contributed by atoms with Crippen molar-refractivity contribution in [3.8, 4) is 0 Å². The Labute approximate surface area is 151 Å². The number of nitrogens with zero attached hydrogens (tertiary/aromatic N) is 3. The highest BCUT2D eigenvalue weighted by Gasteiger charge is 2.48. The molecule has 1 aromatic heterocycles. The Hall–Kier alpha value is -2.67. The van der Waals surface area contributed by atoms with Gasteiger partial charge in [-0.05, 0) is 31.4 Å². The minimum absolute atomic E-state index is 0.0705. The van der Waals surface area contributed by atoms with Crippen molar-refractivity contribution in [2.45, 2.75) is 24.9 Å². The molecule has 2 aliphatic rings. The van der Waals surface area contributed by atoms with Gasteiger partial charge in [0.1, 0.15) is 6.26 Å². The fraction of sp³-hybridized carbons (Fsp3) is 0.421. The number of carbonyl (C=O) groups excluding carboxylic acids is 2. The molecule has 2 saturated heterocycles. The molecular formula is C19H21N3O4. The zero-order valence-corrected chi connectivity index (χ0v) is 14.5. The molecule has 7 heteroatoms. The Kier molecular flexibility index (Phi) is 4.46. The Morgan fingerprint density at radius 3 is 2.73 bits per heavy atom. The first-order valence-electron chi connectivity index (χ1n) is 8.90. The molecule has 0 aliphatic carbocycles. The predicted octanol–water partition coefficient (Wildman–Crippen LogP) is 2.10. The maximum Gasteiger partial charge on any atom is 0.276 e. The van der Waals surface area contributed by atoms with Crippen LogP contribution >= 0.6 is 0 Å². The molecule has 1 spiro atoms. The van der Waals surface area contributed by atoms with E-state index in [9.17, 15) is 9.59 Å². The van der Waals surface area contributed by atoms with Gasteiger partial charge in [-0.1, -0.05) is 23.4 Å². The SMILES string of the molecule is O=C(c1ccon1)N1CCOC2(CCCCN(c3ccccc3)C2=O)C1. The number of benzene rings is 1. The van der Waals surface area contributed by atoms with Crippen LogP contribution in [0.5, 0.6) is 0 Å². The van der Waals surface area contributed by atoms with Crippen molar-refractivity contribution in [2.24, 2.45) is 0 Å². The van der Waals surface area contributed by atoms with Crippen LogP contribution in [0.25, 0.3) is 0 Å². The summed E-state index contributed by atoms with van der Waals surface area (Å²) in [7, 11) is 0. The van der Waals surface area contributed by atoms with Gasteiger partial charge >= 0.3 is 0 Å². The zero-order chi connectivity index (χ0) is 18.0. The van der Waals surface area contributed by atoms with Crippen LogP contribution < -0.4 is 4.90 Å². The quantitative estimate of drug-likeness (QED) is 0.825. The molecule has 26 heavy (non-hydrogen) atoms. The van der Waals surface area contributed by atoms with Crippen molar-refractivity contribution >= 4 is 17.5 Å². The van der Waals surface area contributed by atoms with Crippen molar-refractivity contribution in [1.82, 2.24) is 10.1 Å². The Balaban J connectivity index is 1.61. The number of anilines is 1. The summed E-state index contributed by atoms with van der Waals surface area (Å²) in [4.78, 5) is 29.5.